The number of alkyl halides is 3. The van der Waals surface area contributed by atoms with Gasteiger partial charge in [0.1, 0.15) is 5.69 Å². The Bertz CT molecular complexity index is 427. The minimum absolute atomic E-state index is 0.0245. The van der Waals surface area contributed by atoms with Crippen LogP contribution in [0.15, 0.2) is 6.20 Å². The Morgan fingerprint density at radius 3 is 2.76 bits per heavy atom. The molecule has 1 aromatic rings. The average Bonchev–Trinajstić information content (AvgIpc) is 2.28. The molecule has 0 radical (unpaired) electrons. The normalized spacial score (nSPS) is 10.6. The van der Waals surface area contributed by atoms with Gasteiger partial charge in [-0.1, -0.05) is 0 Å². The standard InChI is InChI=1S/C10H11ClF2N2O2/c1-2-17-10(16)7-5(3-11)8(9(12)13)15-4-6(7)14/h4,9H,2-3,14H2,1H3. The van der Waals surface area contributed by atoms with Crippen molar-refractivity contribution in [3.8, 4) is 0 Å². The van der Waals surface area contributed by atoms with Crippen LogP contribution in [-0.2, 0) is 10.6 Å². The lowest BCUT2D eigenvalue weighted by molar-refractivity contribution is 0.0526. The maximum atomic E-state index is 12.7. The Morgan fingerprint density at radius 2 is 2.29 bits per heavy atom. The number of pyridine rings is 1. The van der Waals surface area contributed by atoms with Crippen molar-refractivity contribution in [3.05, 3.63) is 23.0 Å². The fourth-order valence-electron chi connectivity index (χ4n) is 1.35. The number of hydrogen-bond donors (Lipinski definition) is 1. The van der Waals surface area contributed by atoms with E-state index in [2.05, 4.69) is 4.98 Å². The van der Waals surface area contributed by atoms with Gasteiger partial charge in [-0.15, -0.1) is 11.6 Å². The van der Waals surface area contributed by atoms with Gasteiger partial charge < -0.3 is 10.5 Å². The number of rotatable bonds is 4. The Morgan fingerprint density at radius 1 is 1.65 bits per heavy atom. The molecule has 17 heavy (non-hydrogen) atoms. The zero-order chi connectivity index (χ0) is 13.0. The number of anilines is 1. The van der Waals surface area contributed by atoms with Crippen LogP contribution in [0.3, 0.4) is 0 Å². The van der Waals surface area contributed by atoms with Gasteiger partial charge in [0.2, 0.25) is 0 Å². The van der Waals surface area contributed by atoms with Crippen molar-refractivity contribution in [3.63, 3.8) is 0 Å². The molecule has 0 bridgehead atoms. The molecule has 0 atom stereocenters. The third-order valence-corrected chi connectivity index (χ3v) is 2.33. The molecule has 7 heteroatoms. The Balaban J connectivity index is 3.35. The summed E-state index contributed by atoms with van der Waals surface area (Å²) < 4.78 is 30.1. The van der Waals surface area contributed by atoms with E-state index in [1.165, 1.54) is 0 Å². The molecule has 94 valence electrons. The quantitative estimate of drug-likeness (QED) is 0.670. The highest BCUT2D eigenvalue weighted by atomic mass is 35.5. The lowest BCUT2D eigenvalue weighted by Crippen LogP contribution is -2.14. The first-order valence-corrected chi connectivity index (χ1v) is 5.34. The van der Waals surface area contributed by atoms with Gasteiger partial charge in [0, 0.05) is 5.56 Å². The van der Waals surface area contributed by atoms with Crippen molar-refractivity contribution in [2.45, 2.75) is 19.2 Å². The minimum atomic E-state index is -2.82. The van der Waals surface area contributed by atoms with Crippen molar-refractivity contribution < 1.29 is 18.3 Å². The number of nitrogens with zero attached hydrogens (tertiary/aromatic N) is 1. The predicted molar refractivity (Wildman–Crippen MR) is 59.1 cm³/mol. The lowest BCUT2D eigenvalue weighted by atomic mass is 10.1. The molecule has 0 aliphatic carbocycles. The highest BCUT2D eigenvalue weighted by molar-refractivity contribution is 6.18. The molecule has 0 aliphatic rings. The molecule has 4 nitrogen and oxygen atoms in total. The van der Waals surface area contributed by atoms with Crippen molar-refractivity contribution in [2.75, 3.05) is 12.3 Å². The molecule has 0 amide bonds. The number of hydrogen-bond acceptors (Lipinski definition) is 4. The van der Waals surface area contributed by atoms with Gasteiger partial charge in [-0.2, -0.15) is 0 Å². The van der Waals surface area contributed by atoms with Crippen LogP contribution in [0.1, 0.15) is 35.0 Å². The van der Waals surface area contributed by atoms with E-state index in [9.17, 15) is 13.6 Å². The number of carbonyl (C=O) groups excluding carboxylic acids is 1. The number of ether oxygens (including phenoxy) is 1. The summed E-state index contributed by atoms with van der Waals surface area (Å²) in [5.74, 6) is -1.06. The first kappa shape index (κ1) is 13.6. The first-order valence-electron chi connectivity index (χ1n) is 4.81. The van der Waals surface area contributed by atoms with E-state index in [0.29, 0.717) is 0 Å². The van der Waals surface area contributed by atoms with E-state index >= 15 is 0 Å². The van der Waals surface area contributed by atoms with Gasteiger partial charge in [0.15, 0.2) is 0 Å². The van der Waals surface area contributed by atoms with Crippen molar-refractivity contribution in [1.29, 1.82) is 0 Å². The van der Waals surface area contributed by atoms with Gasteiger partial charge in [-0.05, 0) is 6.92 Å². The van der Waals surface area contributed by atoms with E-state index in [-0.39, 0.29) is 29.3 Å². The number of nitrogen functional groups attached to an aromatic ring is 1. The summed E-state index contributed by atoms with van der Waals surface area (Å²) in [5, 5.41) is 0. The van der Waals surface area contributed by atoms with Crippen LogP contribution in [0.2, 0.25) is 0 Å². The van der Waals surface area contributed by atoms with E-state index in [1.54, 1.807) is 6.92 Å². The van der Waals surface area contributed by atoms with Crippen LogP contribution >= 0.6 is 11.6 Å². The molecule has 2 N–H and O–H groups in total. The second kappa shape index (κ2) is 5.77. The summed E-state index contributed by atoms with van der Waals surface area (Å²) in [6.45, 7) is 1.72. The summed E-state index contributed by atoms with van der Waals surface area (Å²) >= 11 is 5.56. The van der Waals surface area contributed by atoms with E-state index in [1.807, 2.05) is 0 Å². The van der Waals surface area contributed by atoms with Crippen LogP contribution in [-0.4, -0.2) is 17.6 Å². The molecule has 0 saturated heterocycles. The largest absolute Gasteiger partial charge is 0.462 e. The maximum absolute atomic E-state index is 12.7. The highest BCUT2D eigenvalue weighted by Crippen LogP contribution is 2.28. The first-order chi connectivity index (χ1) is 8.02. The van der Waals surface area contributed by atoms with Crippen molar-refractivity contribution >= 4 is 23.3 Å². The Labute approximate surface area is 102 Å². The summed E-state index contributed by atoms with van der Waals surface area (Å²) in [4.78, 5) is 15.1. The maximum Gasteiger partial charge on any atom is 0.340 e. The third-order valence-electron chi connectivity index (χ3n) is 2.06. The second-order valence-corrected chi connectivity index (χ2v) is 3.37. The number of esters is 1. The molecule has 0 aliphatic heterocycles. The van der Waals surface area contributed by atoms with Crippen molar-refractivity contribution in [1.82, 2.24) is 4.98 Å². The number of carbonyl (C=O) groups is 1. The molecule has 0 unspecified atom stereocenters. The van der Waals surface area contributed by atoms with Gasteiger partial charge in [0.25, 0.3) is 6.43 Å². The topological polar surface area (TPSA) is 65.2 Å². The number of aromatic nitrogens is 1. The average molecular weight is 265 g/mol. The SMILES string of the molecule is CCOC(=O)c1c(N)cnc(C(F)F)c1CCl. The molecule has 1 aromatic heterocycles. The van der Waals surface area contributed by atoms with E-state index in [4.69, 9.17) is 22.1 Å². The minimum Gasteiger partial charge on any atom is -0.462 e. The van der Waals surface area contributed by atoms with Crippen LogP contribution in [0.25, 0.3) is 0 Å². The zero-order valence-corrected chi connectivity index (χ0v) is 9.80. The molecule has 0 fully saturated rings. The molecule has 0 spiro atoms. The van der Waals surface area contributed by atoms with Crippen LogP contribution in [0.5, 0.6) is 0 Å². The molecular formula is C10H11ClF2N2O2. The second-order valence-electron chi connectivity index (χ2n) is 3.11. The molecular weight excluding hydrogens is 254 g/mol. The van der Waals surface area contributed by atoms with Gasteiger partial charge >= 0.3 is 5.97 Å². The predicted octanol–water partition coefficient (Wildman–Crippen LogP) is 2.52. The Hall–Kier alpha value is -1.43. The monoisotopic (exact) mass is 264 g/mol. The lowest BCUT2D eigenvalue weighted by Gasteiger charge is -2.12. The van der Waals surface area contributed by atoms with Crippen molar-refractivity contribution in [2.24, 2.45) is 0 Å². The molecule has 1 rings (SSSR count). The van der Waals surface area contributed by atoms with Gasteiger partial charge in [0.05, 0.1) is 29.9 Å². The van der Waals surface area contributed by atoms with Crippen LogP contribution < -0.4 is 5.73 Å². The zero-order valence-electron chi connectivity index (χ0n) is 9.04. The fourth-order valence-corrected chi connectivity index (χ4v) is 1.62. The Kier molecular flexibility index (Phi) is 4.62. The fraction of sp³-hybridized carbons (Fsp3) is 0.400. The molecule has 0 saturated carbocycles. The number of nitrogens with two attached hydrogens (primary N) is 1. The van der Waals surface area contributed by atoms with E-state index < -0.39 is 18.1 Å². The summed E-state index contributed by atoms with van der Waals surface area (Å²) in [7, 11) is 0. The summed E-state index contributed by atoms with van der Waals surface area (Å²) in [5.41, 5.74) is 4.75. The third kappa shape index (κ3) is 2.82. The van der Waals surface area contributed by atoms with Gasteiger partial charge in [-0.3, -0.25) is 4.98 Å². The smallest absolute Gasteiger partial charge is 0.340 e. The molecule has 0 aromatic carbocycles. The highest BCUT2D eigenvalue weighted by Gasteiger charge is 2.24. The summed E-state index contributed by atoms with van der Waals surface area (Å²) in [6, 6.07) is 0. The van der Waals surface area contributed by atoms with E-state index in [0.717, 1.165) is 6.20 Å². The number of halogens is 3. The summed E-state index contributed by atoms with van der Waals surface area (Å²) in [6.07, 6.45) is -1.82. The van der Waals surface area contributed by atoms with Crippen LogP contribution in [0, 0.1) is 0 Å². The van der Waals surface area contributed by atoms with Crippen LogP contribution in [0.4, 0.5) is 14.5 Å². The molecule has 1 heterocycles. The van der Waals surface area contributed by atoms with Gasteiger partial charge in [-0.25, -0.2) is 13.6 Å².